The average molecular weight is 898 g/mol. The third kappa shape index (κ3) is 8.49. The molecule has 2 N–H and O–H groups in total. The van der Waals surface area contributed by atoms with Crippen molar-refractivity contribution < 1.29 is 0 Å². The molecule has 0 bridgehead atoms. The van der Waals surface area contributed by atoms with Crippen molar-refractivity contribution in [1.82, 2.24) is 58.7 Å². The minimum Gasteiger partial charge on any atom is -0.370 e. The maximum Gasteiger partial charge on any atom is 0.200 e. The molecule has 0 amide bonds. The van der Waals surface area contributed by atoms with Gasteiger partial charge in [-0.25, -0.2) is 0 Å². The van der Waals surface area contributed by atoms with Crippen LogP contribution in [0, 0.1) is 5.92 Å². The number of rotatable bonds is 9. The Morgan fingerprint density at radius 3 is 1.58 bits per heavy atom. The first kappa shape index (κ1) is 40.9. The first-order chi connectivity index (χ1) is 31.8. The number of fused-ring (bicyclic) bond motifs is 4. The van der Waals surface area contributed by atoms with E-state index in [4.69, 9.17) is 10.7 Å². The van der Waals surface area contributed by atoms with Crippen LogP contribution in [0.4, 0.5) is 11.4 Å². The normalized spacial score (nSPS) is 16.4. The van der Waals surface area contributed by atoms with Gasteiger partial charge in [-0.3, -0.25) is 28.1 Å². The van der Waals surface area contributed by atoms with Gasteiger partial charge in [0.1, 0.15) is 0 Å². The van der Waals surface area contributed by atoms with Crippen molar-refractivity contribution in [1.29, 1.82) is 0 Å². The Labute approximate surface area is 383 Å². The fraction of sp³-hybridized carbons (Fsp3) is 0.250. The van der Waals surface area contributed by atoms with Gasteiger partial charge in [0.2, 0.25) is 0 Å². The second-order valence-corrected chi connectivity index (χ2v) is 18.9. The molecule has 0 radical (unpaired) electrons. The van der Waals surface area contributed by atoms with Crippen LogP contribution in [0.15, 0.2) is 142 Å². The molecule has 2 atom stereocenters. The maximum absolute atomic E-state index is 6.08. The fourth-order valence-electron chi connectivity index (χ4n) is 8.62. The summed E-state index contributed by atoms with van der Waals surface area (Å²) in [5.41, 5.74) is 16.0. The largest absolute Gasteiger partial charge is 0.370 e. The summed E-state index contributed by atoms with van der Waals surface area (Å²) in [4.78, 5) is 16.3. The molecule has 10 heterocycles. The SMILES string of the molecule is CCC1CCN(c2cnc3ccc(Sc4nnc5ccc(-c6ccn(C)n6)cn45)cc3c2)C1.Cn1ccc(-c2ccc3nnc(Sc4ccc5ncc(N6CCC(N)C6)cc5c4)n3c2)n1. The van der Waals surface area contributed by atoms with Crippen LogP contribution in [0.5, 0.6) is 0 Å². The van der Waals surface area contributed by atoms with Crippen molar-refractivity contribution in [2.75, 3.05) is 36.0 Å². The molecule has 12 rings (SSSR count). The zero-order chi connectivity index (χ0) is 44.0. The van der Waals surface area contributed by atoms with Crippen molar-refractivity contribution in [2.24, 2.45) is 25.7 Å². The Bertz CT molecular complexity index is 3330. The molecule has 326 valence electrons. The van der Waals surface area contributed by atoms with Crippen molar-refractivity contribution in [3.63, 3.8) is 0 Å². The van der Waals surface area contributed by atoms with Crippen LogP contribution >= 0.6 is 23.5 Å². The van der Waals surface area contributed by atoms with Gasteiger partial charge in [0, 0.05) is 103 Å². The molecule has 0 aliphatic carbocycles. The van der Waals surface area contributed by atoms with Gasteiger partial charge in [-0.15, -0.1) is 20.4 Å². The highest BCUT2D eigenvalue weighted by Crippen LogP contribution is 2.34. The summed E-state index contributed by atoms with van der Waals surface area (Å²) in [7, 11) is 3.84. The van der Waals surface area contributed by atoms with E-state index in [1.807, 2.05) is 95.0 Å². The molecule has 10 aromatic rings. The Kier molecular flexibility index (Phi) is 10.9. The number of hydrogen-bond donors (Lipinski definition) is 1. The lowest BCUT2D eigenvalue weighted by Crippen LogP contribution is -2.26. The summed E-state index contributed by atoms with van der Waals surface area (Å²) in [5, 5.41) is 30.4. The summed E-state index contributed by atoms with van der Waals surface area (Å²) >= 11 is 3.20. The van der Waals surface area contributed by atoms with Gasteiger partial charge in [0.05, 0.1) is 46.2 Å². The quantitative estimate of drug-likeness (QED) is 0.148. The van der Waals surface area contributed by atoms with E-state index in [1.165, 1.54) is 18.5 Å². The second-order valence-electron chi connectivity index (χ2n) is 16.8. The third-order valence-corrected chi connectivity index (χ3v) is 14.2. The van der Waals surface area contributed by atoms with Crippen LogP contribution in [0.1, 0.15) is 26.2 Å². The molecule has 0 saturated carbocycles. The number of anilines is 2. The van der Waals surface area contributed by atoms with E-state index in [0.29, 0.717) is 0 Å². The molecular formula is C48H47N15S2. The summed E-state index contributed by atoms with van der Waals surface area (Å²) in [5.74, 6) is 0.791. The monoisotopic (exact) mass is 897 g/mol. The van der Waals surface area contributed by atoms with Crippen molar-refractivity contribution >= 4 is 68.0 Å². The van der Waals surface area contributed by atoms with Crippen LogP contribution in [-0.2, 0) is 14.1 Å². The van der Waals surface area contributed by atoms with Crippen LogP contribution in [0.3, 0.4) is 0 Å². The van der Waals surface area contributed by atoms with Crippen LogP contribution in [-0.4, -0.2) is 90.9 Å². The number of aromatic nitrogens is 12. The van der Waals surface area contributed by atoms with Gasteiger partial charge < -0.3 is 15.5 Å². The van der Waals surface area contributed by atoms with Crippen molar-refractivity contribution in [3.05, 3.63) is 122 Å². The number of pyridine rings is 4. The first-order valence-corrected chi connectivity index (χ1v) is 23.5. The topological polar surface area (TPSA) is 154 Å². The van der Waals surface area contributed by atoms with Crippen LogP contribution in [0.2, 0.25) is 0 Å². The van der Waals surface area contributed by atoms with Gasteiger partial charge in [0.15, 0.2) is 21.6 Å². The van der Waals surface area contributed by atoms with E-state index in [9.17, 15) is 0 Å². The van der Waals surface area contributed by atoms with E-state index >= 15 is 0 Å². The van der Waals surface area contributed by atoms with Gasteiger partial charge in [-0.2, -0.15) is 10.2 Å². The Hall–Kier alpha value is -6.82. The predicted molar refractivity (Wildman–Crippen MR) is 258 cm³/mol. The van der Waals surface area contributed by atoms with E-state index in [2.05, 4.69) is 107 Å². The van der Waals surface area contributed by atoms with E-state index < -0.39 is 0 Å². The van der Waals surface area contributed by atoms with E-state index in [-0.39, 0.29) is 6.04 Å². The summed E-state index contributed by atoms with van der Waals surface area (Å²) in [6, 6.07) is 29.4. The molecule has 2 aliphatic heterocycles. The summed E-state index contributed by atoms with van der Waals surface area (Å²) in [6.45, 7) is 6.38. The standard InChI is InChI=1S/C25H25N7S.C23H22N8S/c1-3-17-8-11-31(15-17)20-12-19-13-21(5-6-22(19)26-14-20)33-25-28-27-24-7-4-18(16-32(24)25)23-9-10-30(2)29-23;1-29-8-7-21(28-29)15-2-5-22-26-27-23(31(22)13-15)32-19-3-4-20-16(11-19)10-18(12-25-20)30-9-6-17(24)14-30/h4-7,9-10,12-14,16-17H,3,8,11,15H2,1-2H3;2-5,7-8,10-13,17H,6,9,14,24H2,1H3. The highest BCUT2D eigenvalue weighted by atomic mass is 32.2. The number of aryl methyl sites for hydroxylation is 2. The third-order valence-electron chi connectivity index (χ3n) is 12.3. The molecule has 2 unspecified atom stereocenters. The summed E-state index contributed by atoms with van der Waals surface area (Å²) in [6.07, 6.45) is 15.5. The van der Waals surface area contributed by atoms with Gasteiger partial charge >= 0.3 is 0 Å². The van der Waals surface area contributed by atoms with Crippen molar-refractivity contribution in [3.8, 4) is 22.5 Å². The van der Waals surface area contributed by atoms with Gasteiger partial charge in [0.25, 0.3) is 0 Å². The number of hydrogen-bond acceptors (Lipinski definition) is 13. The molecule has 65 heavy (non-hydrogen) atoms. The number of nitrogens with two attached hydrogens (primary N) is 1. The predicted octanol–water partition coefficient (Wildman–Crippen LogP) is 8.43. The lowest BCUT2D eigenvalue weighted by Gasteiger charge is -2.18. The fourth-order valence-corrected chi connectivity index (χ4v) is 10.3. The Morgan fingerprint density at radius 2 is 1.12 bits per heavy atom. The molecule has 2 aliphatic rings. The van der Waals surface area contributed by atoms with E-state index in [1.54, 1.807) is 28.2 Å². The smallest absolute Gasteiger partial charge is 0.200 e. The number of benzene rings is 2. The molecule has 17 heteroatoms. The van der Waals surface area contributed by atoms with Crippen LogP contribution < -0.4 is 15.5 Å². The Morgan fingerprint density at radius 1 is 0.600 bits per heavy atom. The first-order valence-electron chi connectivity index (χ1n) is 21.9. The zero-order valence-electron chi connectivity index (χ0n) is 36.3. The molecule has 2 fully saturated rings. The van der Waals surface area contributed by atoms with Crippen molar-refractivity contribution in [2.45, 2.75) is 52.3 Å². The average Bonchev–Trinajstić information content (AvgIpc) is 4.21. The van der Waals surface area contributed by atoms with E-state index in [0.717, 1.165) is 120 Å². The minimum absolute atomic E-state index is 0.241. The van der Waals surface area contributed by atoms with Gasteiger partial charge in [-0.1, -0.05) is 13.3 Å². The molecule has 15 nitrogen and oxygen atoms in total. The molecule has 8 aromatic heterocycles. The number of nitrogens with zero attached hydrogens (tertiary/aromatic N) is 14. The minimum atomic E-state index is 0.241. The lowest BCUT2D eigenvalue weighted by molar-refractivity contribution is 0.569. The highest BCUT2D eigenvalue weighted by molar-refractivity contribution is 7.99. The molecular weight excluding hydrogens is 851 g/mol. The second kappa shape index (κ2) is 17.3. The van der Waals surface area contributed by atoms with Crippen LogP contribution in [0.25, 0.3) is 55.6 Å². The van der Waals surface area contributed by atoms with Gasteiger partial charge in [-0.05, 0) is 127 Å². The lowest BCUT2D eigenvalue weighted by atomic mass is 10.1. The summed E-state index contributed by atoms with van der Waals surface area (Å²) < 4.78 is 7.65. The Balaban J connectivity index is 0.000000144. The molecule has 2 saturated heterocycles. The maximum atomic E-state index is 6.08. The molecule has 2 aromatic carbocycles. The zero-order valence-corrected chi connectivity index (χ0v) is 37.9. The molecule has 0 spiro atoms. The highest BCUT2D eigenvalue weighted by Gasteiger charge is 2.22.